The minimum atomic E-state index is -0.711. The lowest BCUT2D eigenvalue weighted by molar-refractivity contribution is -0.384. The van der Waals surface area contributed by atoms with Gasteiger partial charge in [0.25, 0.3) is 11.6 Å². The second-order valence-corrected chi connectivity index (χ2v) is 6.15. The number of nitro benzene ring substituents is 1. The van der Waals surface area contributed by atoms with Crippen LogP contribution in [-0.2, 0) is 9.59 Å². The van der Waals surface area contributed by atoms with Crippen LogP contribution in [0, 0.1) is 17.0 Å². The number of hydrogen-bond donors (Lipinski definition) is 2. The van der Waals surface area contributed by atoms with Gasteiger partial charge in [0.15, 0.2) is 0 Å². The zero-order valence-electron chi connectivity index (χ0n) is 14.8. The number of urea groups is 1. The van der Waals surface area contributed by atoms with Gasteiger partial charge in [-0.2, -0.15) is 0 Å². The molecule has 1 aliphatic heterocycles. The number of carbonyl (C=O) groups excluding carboxylic acids is 3. The molecule has 2 aromatic rings. The lowest BCUT2D eigenvalue weighted by atomic mass is 10.1. The van der Waals surface area contributed by atoms with Gasteiger partial charge in [0.2, 0.25) is 5.91 Å². The highest BCUT2D eigenvalue weighted by molar-refractivity contribution is 6.15. The van der Waals surface area contributed by atoms with Crippen LogP contribution in [0.25, 0.3) is 6.08 Å². The zero-order chi connectivity index (χ0) is 20.3. The van der Waals surface area contributed by atoms with Crippen molar-refractivity contribution in [1.29, 1.82) is 0 Å². The predicted molar refractivity (Wildman–Crippen MR) is 101 cm³/mol. The van der Waals surface area contributed by atoms with Crippen LogP contribution >= 0.6 is 0 Å². The van der Waals surface area contributed by atoms with E-state index in [1.165, 1.54) is 30.3 Å². The van der Waals surface area contributed by atoms with Crippen LogP contribution in [0.3, 0.4) is 0 Å². The van der Waals surface area contributed by atoms with Crippen molar-refractivity contribution in [2.75, 3.05) is 11.9 Å². The molecule has 3 rings (SSSR count). The number of nitrogens with one attached hydrogen (secondary N) is 2. The Morgan fingerprint density at radius 1 is 1.21 bits per heavy atom. The van der Waals surface area contributed by atoms with Crippen molar-refractivity contribution in [3.63, 3.8) is 0 Å². The number of benzene rings is 2. The molecule has 2 aromatic carbocycles. The Bertz CT molecular complexity index is 998. The Morgan fingerprint density at radius 2 is 1.93 bits per heavy atom. The fraction of sp³-hybridized carbons (Fsp3) is 0.105. The summed E-state index contributed by atoms with van der Waals surface area (Å²) in [6.45, 7) is 1.44. The smallest absolute Gasteiger partial charge is 0.325 e. The topological polar surface area (TPSA) is 122 Å². The maximum atomic E-state index is 12.4. The summed E-state index contributed by atoms with van der Waals surface area (Å²) in [6.07, 6.45) is 1.39. The van der Waals surface area contributed by atoms with Crippen molar-refractivity contribution in [2.24, 2.45) is 0 Å². The number of nitro groups is 1. The van der Waals surface area contributed by atoms with Gasteiger partial charge < -0.3 is 10.6 Å². The molecule has 0 aromatic heterocycles. The number of nitrogens with zero attached hydrogens (tertiary/aromatic N) is 2. The molecule has 0 radical (unpaired) electrons. The lowest BCUT2D eigenvalue weighted by Gasteiger charge is -2.12. The largest absolute Gasteiger partial charge is 0.329 e. The van der Waals surface area contributed by atoms with Crippen molar-refractivity contribution >= 4 is 35.3 Å². The highest BCUT2D eigenvalue weighted by Gasteiger charge is 2.34. The summed E-state index contributed by atoms with van der Waals surface area (Å²) in [4.78, 5) is 47.6. The van der Waals surface area contributed by atoms with Crippen LogP contribution < -0.4 is 10.6 Å². The highest BCUT2D eigenvalue weighted by Crippen LogP contribution is 2.17. The summed E-state index contributed by atoms with van der Waals surface area (Å²) < 4.78 is 0. The molecule has 2 N–H and O–H groups in total. The van der Waals surface area contributed by atoms with E-state index in [0.29, 0.717) is 11.3 Å². The van der Waals surface area contributed by atoms with E-state index in [4.69, 9.17) is 0 Å². The molecular weight excluding hydrogens is 364 g/mol. The average Bonchev–Trinajstić information content (AvgIpc) is 2.89. The fourth-order valence-electron chi connectivity index (χ4n) is 2.64. The van der Waals surface area contributed by atoms with Crippen LogP contribution in [0.1, 0.15) is 11.1 Å². The minimum Gasteiger partial charge on any atom is -0.325 e. The van der Waals surface area contributed by atoms with Gasteiger partial charge >= 0.3 is 6.03 Å². The molecule has 1 fully saturated rings. The molecule has 0 saturated carbocycles. The van der Waals surface area contributed by atoms with E-state index >= 15 is 0 Å². The number of hydrogen-bond acceptors (Lipinski definition) is 5. The minimum absolute atomic E-state index is 0.0118. The van der Waals surface area contributed by atoms with E-state index in [1.807, 2.05) is 13.0 Å². The Morgan fingerprint density at radius 3 is 2.57 bits per heavy atom. The van der Waals surface area contributed by atoms with Crippen molar-refractivity contribution in [1.82, 2.24) is 10.2 Å². The second kappa shape index (κ2) is 7.70. The third-order valence-electron chi connectivity index (χ3n) is 3.98. The number of amides is 4. The fourth-order valence-corrected chi connectivity index (χ4v) is 2.64. The lowest BCUT2D eigenvalue weighted by Crippen LogP contribution is -2.38. The summed E-state index contributed by atoms with van der Waals surface area (Å²) in [6, 6.07) is 11.9. The van der Waals surface area contributed by atoms with Gasteiger partial charge in [-0.1, -0.05) is 12.1 Å². The normalized spacial score (nSPS) is 14.9. The van der Waals surface area contributed by atoms with Crippen LogP contribution in [0.15, 0.2) is 54.2 Å². The van der Waals surface area contributed by atoms with E-state index in [0.717, 1.165) is 10.5 Å². The van der Waals surface area contributed by atoms with Crippen LogP contribution in [0.2, 0.25) is 0 Å². The third-order valence-corrected chi connectivity index (χ3v) is 3.98. The zero-order valence-corrected chi connectivity index (χ0v) is 14.8. The Kier molecular flexibility index (Phi) is 5.16. The maximum Gasteiger partial charge on any atom is 0.329 e. The van der Waals surface area contributed by atoms with Gasteiger partial charge in [-0.3, -0.25) is 19.7 Å². The van der Waals surface area contributed by atoms with Gasteiger partial charge in [-0.05, 0) is 48.4 Å². The number of imide groups is 1. The van der Waals surface area contributed by atoms with E-state index < -0.39 is 29.3 Å². The second-order valence-electron chi connectivity index (χ2n) is 6.15. The number of non-ortho nitro benzene ring substituents is 1. The number of carbonyl (C=O) groups is 3. The molecule has 9 heteroatoms. The molecule has 1 heterocycles. The van der Waals surface area contributed by atoms with Crippen molar-refractivity contribution in [2.45, 2.75) is 6.92 Å². The molecule has 0 bridgehead atoms. The van der Waals surface area contributed by atoms with Crippen LogP contribution in [0.5, 0.6) is 0 Å². The van der Waals surface area contributed by atoms with E-state index in [-0.39, 0.29) is 11.4 Å². The van der Waals surface area contributed by atoms with Gasteiger partial charge in [-0.15, -0.1) is 0 Å². The SMILES string of the molecule is Cc1cccc(NC(=O)CN2C(=O)N/C(=C/c3ccc([N+](=O)[O-])cc3)C2=O)c1. The Balaban J connectivity index is 1.69. The van der Waals surface area contributed by atoms with Crippen molar-refractivity contribution in [3.8, 4) is 0 Å². The molecule has 1 saturated heterocycles. The summed E-state index contributed by atoms with van der Waals surface area (Å²) in [5.74, 6) is -1.16. The molecule has 28 heavy (non-hydrogen) atoms. The Labute approximate surface area is 159 Å². The molecule has 4 amide bonds. The highest BCUT2D eigenvalue weighted by atomic mass is 16.6. The summed E-state index contributed by atoms with van der Waals surface area (Å²) in [5, 5.41) is 15.7. The van der Waals surface area contributed by atoms with Gasteiger partial charge in [0, 0.05) is 17.8 Å². The standard InChI is InChI=1S/C19H16N4O5/c1-12-3-2-4-14(9-12)20-17(24)11-22-18(25)16(21-19(22)26)10-13-5-7-15(8-6-13)23(27)28/h2-10H,11H2,1H3,(H,20,24)(H,21,26)/b16-10+. The summed E-state index contributed by atoms with van der Waals surface area (Å²) in [7, 11) is 0. The monoisotopic (exact) mass is 380 g/mol. The van der Waals surface area contributed by atoms with Crippen molar-refractivity contribution < 1.29 is 19.3 Å². The van der Waals surface area contributed by atoms with Crippen LogP contribution in [-0.4, -0.2) is 34.2 Å². The number of anilines is 1. The van der Waals surface area contributed by atoms with E-state index in [2.05, 4.69) is 10.6 Å². The molecule has 1 aliphatic rings. The molecular formula is C19H16N4O5. The number of aryl methyl sites for hydroxylation is 1. The molecule has 0 atom stereocenters. The molecule has 142 valence electrons. The van der Waals surface area contributed by atoms with E-state index in [1.54, 1.807) is 18.2 Å². The van der Waals surface area contributed by atoms with E-state index in [9.17, 15) is 24.5 Å². The predicted octanol–water partition coefficient (Wildman–Crippen LogP) is 2.43. The number of rotatable bonds is 5. The van der Waals surface area contributed by atoms with Crippen molar-refractivity contribution in [3.05, 3.63) is 75.5 Å². The third kappa shape index (κ3) is 4.21. The molecule has 0 unspecified atom stereocenters. The average molecular weight is 380 g/mol. The summed E-state index contributed by atoms with van der Waals surface area (Å²) >= 11 is 0. The van der Waals surface area contributed by atoms with Gasteiger partial charge in [0.1, 0.15) is 12.2 Å². The molecule has 0 spiro atoms. The first kappa shape index (κ1) is 18.8. The molecule has 9 nitrogen and oxygen atoms in total. The first-order valence-corrected chi connectivity index (χ1v) is 8.29. The molecule has 0 aliphatic carbocycles. The first-order valence-electron chi connectivity index (χ1n) is 8.29. The Hall–Kier alpha value is -4.01. The summed E-state index contributed by atoms with van der Waals surface area (Å²) in [5.41, 5.74) is 1.93. The maximum absolute atomic E-state index is 12.4. The first-order chi connectivity index (χ1) is 13.3. The van der Waals surface area contributed by atoms with Crippen LogP contribution in [0.4, 0.5) is 16.2 Å². The quantitative estimate of drug-likeness (QED) is 0.357. The van der Waals surface area contributed by atoms with Gasteiger partial charge in [0.05, 0.1) is 4.92 Å². The van der Waals surface area contributed by atoms with Gasteiger partial charge in [-0.25, -0.2) is 9.69 Å².